The number of nitrogens with zero attached hydrogens (tertiary/aromatic N) is 2. The Morgan fingerprint density at radius 3 is 2.41 bits per heavy atom. The van der Waals surface area contributed by atoms with Crippen LogP contribution in [-0.2, 0) is 27.6 Å². The van der Waals surface area contributed by atoms with Crippen molar-refractivity contribution in [2.24, 2.45) is 0 Å². The van der Waals surface area contributed by atoms with Crippen molar-refractivity contribution in [2.45, 2.75) is 24.0 Å². The third kappa shape index (κ3) is 7.95. The highest BCUT2D eigenvalue weighted by molar-refractivity contribution is 7.90. The minimum Gasteiger partial charge on any atom is -0.491 e. The molecule has 0 N–H and O–H groups in total. The molecule has 1 aliphatic heterocycles. The van der Waals surface area contributed by atoms with E-state index in [0.29, 0.717) is 18.8 Å². The average molecular weight is 543 g/mol. The normalized spacial score (nSPS) is 16.4. The Balaban J connectivity index is 1.40. The van der Waals surface area contributed by atoms with Gasteiger partial charge in [0.25, 0.3) is 0 Å². The summed E-state index contributed by atoms with van der Waals surface area (Å²) in [7, 11) is -3.28. The van der Waals surface area contributed by atoms with Crippen LogP contribution in [0.3, 0.4) is 0 Å². The zero-order valence-electron chi connectivity index (χ0n) is 20.8. The highest BCUT2D eigenvalue weighted by Gasteiger charge is 2.32. The smallest absolute Gasteiger partial charge is 0.410 e. The minimum absolute atomic E-state index is 0.204. The molecule has 1 fully saturated rings. The molecule has 1 saturated heterocycles. The second-order valence-corrected chi connectivity index (χ2v) is 11.6. The fourth-order valence-electron chi connectivity index (χ4n) is 4.26. The first-order valence-electron chi connectivity index (χ1n) is 12.1. The number of halogens is 1. The molecule has 0 unspecified atom stereocenters. The van der Waals surface area contributed by atoms with Crippen LogP contribution in [0.25, 0.3) is 0 Å². The molecule has 0 radical (unpaired) electrons. The third-order valence-corrected chi connectivity index (χ3v) is 7.67. The first-order chi connectivity index (χ1) is 17.8. The van der Waals surface area contributed by atoms with Crippen molar-refractivity contribution < 1.29 is 22.7 Å². The van der Waals surface area contributed by atoms with Crippen LogP contribution >= 0.6 is 11.6 Å². The molecule has 1 amide bonds. The fraction of sp³-hybridized carbons (Fsp3) is 0.321. The number of piperazine rings is 1. The van der Waals surface area contributed by atoms with E-state index in [-0.39, 0.29) is 30.2 Å². The zero-order chi connectivity index (χ0) is 26.3. The van der Waals surface area contributed by atoms with Crippen molar-refractivity contribution in [3.8, 4) is 5.75 Å². The molecule has 1 heterocycles. The molecular weight excluding hydrogens is 512 g/mol. The molecule has 4 rings (SSSR count). The predicted octanol–water partition coefficient (Wildman–Crippen LogP) is 4.69. The van der Waals surface area contributed by atoms with Gasteiger partial charge < -0.3 is 9.47 Å². The lowest BCUT2D eigenvalue weighted by Crippen LogP contribution is -2.57. The molecule has 7 nitrogen and oxygen atoms in total. The lowest BCUT2D eigenvalue weighted by atomic mass is 10.1. The number of sulfone groups is 1. The minimum atomic E-state index is -3.28. The number of benzene rings is 3. The van der Waals surface area contributed by atoms with E-state index in [1.165, 1.54) is 18.4 Å². The maximum absolute atomic E-state index is 13.0. The van der Waals surface area contributed by atoms with Gasteiger partial charge in [-0.2, -0.15) is 0 Å². The Kier molecular flexibility index (Phi) is 9.08. The molecule has 9 heteroatoms. The lowest BCUT2D eigenvalue weighted by Gasteiger charge is -2.40. The summed E-state index contributed by atoms with van der Waals surface area (Å²) in [6.07, 6.45) is 1.64. The van der Waals surface area contributed by atoms with Gasteiger partial charge in [0.2, 0.25) is 0 Å². The van der Waals surface area contributed by atoms with Crippen molar-refractivity contribution >= 4 is 27.5 Å². The number of rotatable bonds is 9. The highest BCUT2D eigenvalue weighted by atomic mass is 35.5. The Morgan fingerprint density at radius 1 is 0.973 bits per heavy atom. The summed E-state index contributed by atoms with van der Waals surface area (Å²) < 4.78 is 35.1. The Bertz CT molecular complexity index is 1290. The van der Waals surface area contributed by atoms with E-state index in [4.69, 9.17) is 21.1 Å². The summed E-state index contributed by atoms with van der Waals surface area (Å²) in [5.74, 6) is 0.543. The second kappa shape index (κ2) is 12.4. The number of hydrogen-bond acceptors (Lipinski definition) is 6. The summed E-state index contributed by atoms with van der Waals surface area (Å²) in [4.78, 5) is 17.3. The van der Waals surface area contributed by atoms with E-state index in [1.807, 2.05) is 48.5 Å². The lowest BCUT2D eigenvalue weighted by molar-refractivity contribution is 0.0276. The Morgan fingerprint density at radius 2 is 1.70 bits per heavy atom. The van der Waals surface area contributed by atoms with Crippen molar-refractivity contribution in [1.29, 1.82) is 0 Å². The largest absolute Gasteiger partial charge is 0.491 e. The van der Waals surface area contributed by atoms with Gasteiger partial charge in [-0.1, -0.05) is 54.1 Å². The molecule has 0 saturated carbocycles. The van der Waals surface area contributed by atoms with E-state index in [1.54, 1.807) is 17.0 Å². The van der Waals surface area contributed by atoms with Crippen LogP contribution < -0.4 is 4.74 Å². The van der Waals surface area contributed by atoms with Gasteiger partial charge in [-0.05, 0) is 53.9 Å². The average Bonchev–Trinajstić information content (AvgIpc) is 2.90. The van der Waals surface area contributed by atoms with Crippen molar-refractivity contribution in [2.75, 3.05) is 39.0 Å². The standard InChI is InChI=1S/C28H31ClN2O5S/c1-37(33,34)27-12-10-26(11-13-27)35-21-25-19-30(15-14-22-8-5-9-24(29)18-22)16-17-31(25)28(32)36-20-23-6-3-2-4-7-23/h2-13,18,25H,14-17,19-21H2,1H3/t25-/m0/s1. The zero-order valence-corrected chi connectivity index (χ0v) is 22.3. The number of ether oxygens (including phenoxy) is 2. The summed E-state index contributed by atoms with van der Waals surface area (Å²) in [5, 5.41) is 0.719. The van der Waals surface area contributed by atoms with E-state index in [0.717, 1.165) is 35.7 Å². The van der Waals surface area contributed by atoms with Crippen LogP contribution in [0.1, 0.15) is 11.1 Å². The van der Waals surface area contributed by atoms with Gasteiger partial charge in [-0.25, -0.2) is 13.2 Å². The van der Waals surface area contributed by atoms with Crippen LogP contribution in [-0.4, -0.2) is 69.4 Å². The summed E-state index contributed by atoms with van der Waals surface area (Å²) in [5.41, 5.74) is 2.09. The maximum Gasteiger partial charge on any atom is 0.410 e. The molecule has 1 atom stereocenters. The summed E-state index contributed by atoms with van der Waals surface area (Å²) in [6, 6.07) is 23.5. The maximum atomic E-state index is 13.0. The molecule has 0 aromatic heterocycles. The van der Waals surface area contributed by atoms with Gasteiger partial charge in [0, 0.05) is 37.5 Å². The molecule has 0 aliphatic carbocycles. The first kappa shape index (κ1) is 27.0. The highest BCUT2D eigenvalue weighted by Crippen LogP contribution is 2.19. The van der Waals surface area contributed by atoms with Gasteiger partial charge in [0.05, 0.1) is 10.9 Å². The number of carbonyl (C=O) groups is 1. The van der Waals surface area contributed by atoms with Crippen LogP contribution in [0, 0.1) is 0 Å². The predicted molar refractivity (Wildman–Crippen MR) is 144 cm³/mol. The van der Waals surface area contributed by atoms with Gasteiger partial charge in [0.1, 0.15) is 19.0 Å². The van der Waals surface area contributed by atoms with Crippen LogP contribution in [0.2, 0.25) is 5.02 Å². The van der Waals surface area contributed by atoms with Gasteiger partial charge in [0.15, 0.2) is 9.84 Å². The fourth-order valence-corrected chi connectivity index (χ4v) is 5.11. The van der Waals surface area contributed by atoms with Crippen molar-refractivity contribution in [3.05, 3.63) is 95.0 Å². The molecule has 37 heavy (non-hydrogen) atoms. The van der Waals surface area contributed by atoms with Crippen molar-refractivity contribution in [3.63, 3.8) is 0 Å². The molecule has 0 spiro atoms. The Hall–Kier alpha value is -3.07. The summed E-state index contributed by atoms with van der Waals surface area (Å²) >= 11 is 6.13. The molecule has 3 aromatic rings. The quantitative estimate of drug-likeness (QED) is 0.390. The number of amides is 1. The van der Waals surface area contributed by atoms with Crippen molar-refractivity contribution in [1.82, 2.24) is 9.80 Å². The topological polar surface area (TPSA) is 76.2 Å². The summed E-state index contributed by atoms with van der Waals surface area (Å²) in [6.45, 7) is 3.15. The van der Waals surface area contributed by atoms with E-state index in [2.05, 4.69) is 11.0 Å². The molecule has 3 aromatic carbocycles. The molecular formula is C28H31ClN2O5S. The Labute approximate surface area is 223 Å². The molecule has 0 bridgehead atoms. The second-order valence-electron chi connectivity index (χ2n) is 9.12. The first-order valence-corrected chi connectivity index (χ1v) is 14.4. The SMILES string of the molecule is CS(=O)(=O)c1ccc(OC[C@@H]2CN(CCc3cccc(Cl)c3)CCN2C(=O)OCc2ccccc2)cc1. The van der Waals surface area contributed by atoms with Gasteiger partial charge >= 0.3 is 6.09 Å². The van der Waals surface area contributed by atoms with Crippen LogP contribution in [0.4, 0.5) is 4.79 Å². The third-order valence-electron chi connectivity index (χ3n) is 6.31. The van der Waals surface area contributed by atoms with E-state index < -0.39 is 9.84 Å². The number of hydrogen-bond donors (Lipinski definition) is 0. The monoisotopic (exact) mass is 542 g/mol. The van der Waals surface area contributed by atoms with E-state index in [9.17, 15) is 13.2 Å². The van der Waals surface area contributed by atoms with Crippen LogP contribution in [0.15, 0.2) is 83.8 Å². The molecule has 196 valence electrons. The van der Waals surface area contributed by atoms with Gasteiger partial charge in [-0.15, -0.1) is 0 Å². The van der Waals surface area contributed by atoms with Gasteiger partial charge in [-0.3, -0.25) is 9.80 Å². The molecule has 1 aliphatic rings. The van der Waals surface area contributed by atoms with E-state index >= 15 is 0 Å². The van der Waals surface area contributed by atoms with Crippen LogP contribution in [0.5, 0.6) is 5.75 Å². The number of carbonyl (C=O) groups excluding carboxylic acids is 1.